The maximum atomic E-state index is 13.9. The van der Waals surface area contributed by atoms with E-state index in [4.69, 9.17) is 23.2 Å². The van der Waals surface area contributed by atoms with Crippen molar-refractivity contribution in [3.8, 4) is 5.69 Å². The van der Waals surface area contributed by atoms with Gasteiger partial charge in [-0.05, 0) is 42.7 Å². The fourth-order valence-electron chi connectivity index (χ4n) is 4.88. The number of nitrogens with zero attached hydrogens (tertiary/aromatic N) is 4. The summed E-state index contributed by atoms with van der Waals surface area (Å²) < 4.78 is 3.36. The highest BCUT2D eigenvalue weighted by Crippen LogP contribution is 2.27. The zero-order chi connectivity index (χ0) is 26.3. The predicted octanol–water partition coefficient (Wildman–Crippen LogP) is 5.15. The van der Waals surface area contributed by atoms with E-state index in [2.05, 4.69) is 5.10 Å². The van der Waals surface area contributed by atoms with E-state index in [0.29, 0.717) is 63.2 Å². The molecule has 190 valence electrons. The van der Waals surface area contributed by atoms with E-state index in [1.165, 1.54) is 0 Å². The van der Waals surface area contributed by atoms with E-state index in [-0.39, 0.29) is 36.1 Å². The first kappa shape index (κ1) is 25.2. The Kier molecular flexibility index (Phi) is 6.92. The summed E-state index contributed by atoms with van der Waals surface area (Å²) in [4.78, 5) is 41.6. The van der Waals surface area contributed by atoms with E-state index in [1.807, 2.05) is 44.2 Å². The van der Waals surface area contributed by atoms with Crippen molar-refractivity contribution in [2.75, 3.05) is 6.54 Å². The molecule has 0 saturated carbocycles. The molecule has 0 radical (unpaired) electrons. The molecular formula is C28H26Cl2N4O3. The molecule has 1 amide bonds. The maximum absolute atomic E-state index is 13.9. The van der Waals surface area contributed by atoms with Crippen LogP contribution in [0.15, 0.2) is 59.5 Å². The Balaban J connectivity index is 1.62. The standard InChI is InChI=1S/C28H26Cl2N4O3/c1-17(2)12-21(35)13-19-15-31-34-25-16-32(27(36)18-8-9-23(29)24(30)14-18)11-10-22(25)28(37)33(26(19)34)20-6-4-3-5-7-20/h3-9,14-15,17H,10-13,16H2,1-2H3. The average Bonchev–Trinajstić information content (AvgIpc) is 3.28. The second-order valence-electron chi connectivity index (χ2n) is 9.73. The molecule has 5 rings (SSSR count). The number of hydrogen-bond acceptors (Lipinski definition) is 4. The number of Topliss-reactive ketones (excluding diaryl/α,β-unsaturated/α-hetero) is 1. The first-order valence-corrected chi connectivity index (χ1v) is 12.9. The average molecular weight is 537 g/mol. The van der Waals surface area contributed by atoms with Gasteiger partial charge in [0, 0.05) is 36.1 Å². The number of para-hydroxylation sites is 1. The predicted molar refractivity (Wildman–Crippen MR) is 144 cm³/mol. The van der Waals surface area contributed by atoms with E-state index >= 15 is 0 Å². The summed E-state index contributed by atoms with van der Waals surface area (Å²) in [6, 6.07) is 14.1. The summed E-state index contributed by atoms with van der Waals surface area (Å²) in [6.45, 7) is 4.59. The summed E-state index contributed by atoms with van der Waals surface area (Å²) in [6.07, 6.45) is 2.67. The quantitative estimate of drug-likeness (QED) is 0.341. The zero-order valence-electron chi connectivity index (χ0n) is 20.6. The molecule has 0 atom stereocenters. The molecule has 1 aliphatic heterocycles. The molecule has 1 aliphatic rings. The Morgan fingerprint density at radius 3 is 2.51 bits per heavy atom. The number of benzene rings is 2. The van der Waals surface area contributed by atoms with Crippen LogP contribution in [0.2, 0.25) is 10.0 Å². The van der Waals surface area contributed by atoms with Gasteiger partial charge in [-0.25, -0.2) is 4.52 Å². The molecule has 0 fully saturated rings. The Morgan fingerprint density at radius 1 is 1.05 bits per heavy atom. The minimum Gasteiger partial charge on any atom is -0.332 e. The minimum absolute atomic E-state index is 0.0890. The fraction of sp³-hybridized carbons (Fsp3) is 0.286. The van der Waals surface area contributed by atoms with Gasteiger partial charge < -0.3 is 4.90 Å². The maximum Gasteiger partial charge on any atom is 0.261 e. The van der Waals surface area contributed by atoms with Crippen LogP contribution in [0.4, 0.5) is 0 Å². The largest absolute Gasteiger partial charge is 0.332 e. The highest BCUT2D eigenvalue weighted by atomic mass is 35.5. The molecule has 2 aromatic heterocycles. The summed E-state index contributed by atoms with van der Waals surface area (Å²) >= 11 is 12.2. The van der Waals surface area contributed by atoms with E-state index in [0.717, 1.165) is 0 Å². The van der Waals surface area contributed by atoms with Gasteiger partial charge in [0.2, 0.25) is 0 Å². The zero-order valence-corrected chi connectivity index (χ0v) is 22.1. The molecule has 4 aromatic rings. The molecule has 0 spiro atoms. The lowest BCUT2D eigenvalue weighted by atomic mass is 10.0. The van der Waals surface area contributed by atoms with Crippen molar-refractivity contribution in [3.63, 3.8) is 0 Å². The Labute approximate surface area is 224 Å². The second-order valence-corrected chi connectivity index (χ2v) is 10.5. The van der Waals surface area contributed by atoms with Crippen molar-refractivity contribution >= 4 is 40.5 Å². The van der Waals surface area contributed by atoms with Gasteiger partial charge in [0.05, 0.1) is 34.2 Å². The molecule has 2 aromatic carbocycles. The van der Waals surface area contributed by atoms with Gasteiger partial charge in [0.1, 0.15) is 11.4 Å². The van der Waals surface area contributed by atoms with Crippen molar-refractivity contribution in [1.82, 2.24) is 19.1 Å². The molecule has 7 nitrogen and oxygen atoms in total. The van der Waals surface area contributed by atoms with Crippen molar-refractivity contribution in [1.29, 1.82) is 0 Å². The number of carbonyl (C=O) groups excluding carboxylic acids is 2. The molecular weight excluding hydrogens is 511 g/mol. The lowest BCUT2D eigenvalue weighted by molar-refractivity contribution is -0.119. The number of rotatable bonds is 6. The lowest BCUT2D eigenvalue weighted by Crippen LogP contribution is -2.41. The number of amides is 1. The lowest BCUT2D eigenvalue weighted by Gasteiger charge is -2.29. The third-order valence-electron chi connectivity index (χ3n) is 6.56. The van der Waals surface area contributed by atoms with Crippen LogP contribution in [0.3, 0.4) is 0 Å². The minimum atomic E-state index is -0.205. The van der Waals surface area contributed by atoms with Gasteiger partial charge in [0.15, 0.2) is 0 Å². The third-order valence-corrected chi connectivity index (χ3v) is 7.30. The molecule has 0 N–H and O–H groups in total. The first-order valence-electron chi connectivity index (χ1n) is 12.2. The Bertz CT molecular complexity index is 1570. The van der Waals surface area contributed by atoms with Crippen LogP contribution >= 0.6 is 23.2 Å². The summed E-state index contributed by atoms with van der Waals surface area (Å²) in [5.74, 6) is 0.120. The molecule has 0 aliphatic carbocycles. The van der Waals surface area contributed by atoms with Crippen LogP contribution < -0.4 is 5.56 Å². The van der Waals surface area contributed by atoms with Crippen LogP contribution in [0.1, 0.15) is 47.4 Å². The second kappa shape index (κ2) is 10.1. The number of fused-ring (bicyclic) bond motifs is 3. The molecule has 0 saturated heterocycles. The summed E-state index contributed by atoms with van der Waals surface area (Å²) in [5.41, 5.74) is 3.46. The van der Waals surface area contributed by atoms with Crippen molar-refractivity contribution < 1.29 is 9.59 Å². The normalized spacial score (nSPS) is 13.3. The molecule has 0 unspecified atom stereocenters. The fourth-order valence-corrected chi connectivity index (χ4v) is 5.18. The third kappa shape index (κ3) is 4.81. The van der Waals surface area contributed by atoms with Crippen LogP contribution in [0.25, 0.3) is 11.3 Å². The number of aromatic nitrogens is 3. The monoisotopic (exact) mass is 536 g/mol. The Morgan fingerprint density at radius 2 is 1.81 bits per heavy atom. The van der Waals surface area contributed by atoms with Gasteiger partial charge in [-0.15, -0.1) is 0 Å². The first-order chi connectivity index (χ1) is 17.7. The highest BCUT2D eigenvalue weighted by molar-refractivity contribution is 6.42. The van der Waals surface area contributed by atoms with Crippen LogP contribution in [0, 0.1) is 5.92 Å². The van der Waals surface area contributed by atoms with Crippen molar-refractivity contribution in [2.45, 2.75) is 39.7 Å². The Hall–Kier alpha value is -3.42. The van der Waals surface area contributed by atoms with Crippen LogP contribution in [-0.2, 0) is 24.2 Å². The number of carbonyl (C=O) groups is 2. The SMILES string of the molecule is CC(C)CC(=O)Cc1cnn2c3c(c(=O)n(-c4ccccc4)c12)CCN(C(=O)c1ccc(Cl)c(Cl)c1)C3. The molecule has 3 heterocycles. The highest BCUT2D eigenvalue weighted by Gasteiger charge is 2.29. The molecule has 37 heavy (non-hydrogen) atoms. The molecule has 0 bridgehead atoms. The van der Waals surface area contributed by atoms with Crippen molar-refractivity contribution in [3.05, 3.63) is 97.5 Å². The van der Waals surface area contributed by atoms with E-state index in [1.54, 1.807) is 38.4 Å². The summed E-state index contributed by atoms with van der Waals surface area (Å²) in [5, 5.41) is 5.29. The van der Waals surface area contributed by atoms with Crippen molar-refractivity contribution in [2.24, 2.45) is 5.92 Å². The smallest absolute Gasteiger partial charge is 0.261 e. The summed E-state index contributed by atoms with van der Waals surface area (Å²) in [7, 11) is 0. The van der Waals surface area contributed by atoms with Gasteiger partial charge in [0.25, 0.3) is 11.5 Å². The van der Waals surface area contributed by atoms with E-state index < -0.39 is 0 Å². The van der Waals surface area contributed by atoms with Gasteiger partial charge in [-0.3, -0.25) is 19.0 Å². The van der Waals surface area contributed by atoms with Gasteiger partial charge in [-0.1, -0.05) is 55.2 Å². The van der Waals surface area contributed by atoms with Crippen LogP contribution in [-0.4, -0.2) is 37.3 Å². The molecule has 9 heteroatoms. The number of ketones is 1. The van der Waals surface area contributed by atoms with Crippen LogP contribution in [0.5, 0.6) is 0 Å². The van der Waals surface area contributed by atoms with Gasteiger partial charge >= 0.3 is 0 Å². The number of hydrogen-bond donors (Lipinski definition) is 0. The topological polar surface area (TPSA) is 76.7 Å². The van der Waals surface area contributed by atoms with E-state index in [9.17, 15) is 14.4 Å². The van der Waals surface area contributed by atoms with Gasteiger partial charge in [-0.2, -0.15) is 5.10 Å². The number of halogens is 2.